The summed E-state index contributed by atoms with van der Waals surface area (Å²) in [6.45, 7) is -0.448. The number of anilines is 9. The Balaban J connectivity index is 1.21. The van der Waals surface area contributed by atoms with Crippen molar-refractivity contribution >= 4 is 97.4 Å². The zero-order valence-electron chi connectivity index (χ0n) is 29.9. The van der Waals surface area contributed by atoms with Crippen molar-refractivity contribution in [2.75, 3.05) is 14.7 Å². The summed E-state index contributed by atoms with van der Waals surface area (Å²) in [4.78, 5) is 6.56. The number of hydrogen-bond donors (Lipinski definition) is 0. The second-order valence-corrected chi connectivity index (χ2v) is 14.7. The molecule has 0 N–H and O–H groups in total. The van der Waals surface area contributed by atoms with Crippen LogP contribution >= 0.6 is 0 Å². The topological polar surface area (TPSA) is 19.0 Å². The number of ether oxygens (including phenoxy) is 1. The molecule has 0 aromatic heterocycles. The van der Waals surface area contributed by atoms with Crippen LogP contribution < -0.4 is 52.2 Å². The van der Waals surface area contributed by atoms with Gasteiger partial charge >= 0.3 is 0 Å². The molecule has 0 bridgehead atoms. The van der Waals surface area contributed by atoms with Crippen molar-refractivity contribution in [2.45, 2.75) is 0 Å². The quantitative estimate of drug-likeness (QED) is 0.171. The standard InChI is InChI=1S/C48H29B2F2N3O/c51-30-24-42-47-43(25-30)54(33-16-6-2-7-17-33)40-29-41-38(28-37(40)49(47)35-20-10-12-22-39(35)53(42)32-14-4-1-5-15-32)50-36-21-11-13-23-45(36)56-46-27-31(52)26-44(48(46)50)55(41)34-18-8-3-9-19-34/h1-29H. The lowest BCUT2D eigenvalue weighted by Gasteiger charge is -2.46. The van der Waals surface area contributed by atoms with Crippen LogP contribution in [-0.4, -0.2) is 13.4 Å². The van der Waals surface area contributed by atoms with Gasteiger partial charge in [0.1, 0.15) is 23.1 Å². The Hall–Kier alpha value is -7.05. The summed E-state index contributed by atoms with van der Waals surface area (Å²) in [6, 6.07) is 58.2. The number of para-hydroxylation sites is 5. The van der Waals surface area contributed by atoms with Gasteiger partial charge in [-0.05, 0) is 106 Å². The van der Waals surface area contributed by atoms with Gasteiger partial charge in [-0.15, -0.1) is 0 Å². The van der Waals surface area contributed by atoms with Gasteiger partial charge in [-0.25, -0.2) is 8.78 Å². The van der Waals surface area contributed by atoms with Crippen LogP contribution in [-0.2, 0) is 0 Å². The van der Waals surface area contributed by atoms with E-state index in [1.54, 1.807) is 18.2 Å². The third-order valence-corrected chi connectivity index (χ3v) is 11.7. The molecule has 56 heavy (non-hydrogen) atoms. The molecule has 0 amide bonds. The molecule has 0 saturated heterocycles. The highest BCUT2D eigenvalue weighted by atomic mass is 19.1. The van der Waals surface area contributed by atoms with E-state index in [9.17, 15) is 0 Å². The maximum Gasteiger partial charge on any atom is 0.256 e. The van der Waals surface area contributed by atoms with E-state index in [0.29, 0.717) is 11.5 Å². The van der Waals surface area contributed by atoms with Gasteiger partial charge in [0.2, 0.25) is 0 Å². The number of halogens is 2. The summed E-state index contributed by atoms with van der Waals surface area (Å²) in [5.74, 6) is 0.545. The Labute approximate surface area is 323 Å². The first-order chi connectivity index (χ1) is 27.6. The molecule has 0 fully saturated rings. The molecule has 4 heterocycles. The van der Waals surface area contributed by atoms with Gasteiger partial charge < -0.3 is 19.4 Å². The maximum absolute atomic E-state index is 16.4. The molecule has 0 spiro atoms. The van der Waals surface area contributed by atoms with E-state index in [4.69, 9.17) is 4.74 Å². The largest absolute Gasteiger partial charge is 0.458 e. The first-order valence-electron chi connectivity index (χ1n) is 18.9. The summed E-state index contributed by atoms with van der Waals surface area (Å²) in [5, 5.41) is 0. The first-order valence-corrected chi connectivity index (χ1v) is 18.9. The van der Waals surface area contributed by atoms with Crippen molar-refractivity contribution in [3.05, 3.63) is 188 Å². The third-order valence-electron chi connectivity index (χ3n) is 11.7. The SMILES string of the molecule is Fc1cc2c3c(c1)N(c1ccccc1)c1cc4c(cc1B3c1ccccc1O2)B1c2ccccc2N(c2ccccc2)c2cc(F)cc(c21)N4c1ccccc1. The van der Waals surface area contributed by atoms with Gasteiger partial charge in [-0.3, -0.25) is 0 Å². The van der Waals surface area contributed by atoms with E-state index in [0.717, 1.165) is 84.0 Å². The van der Waals surface area contributed by atoms with E-state index in [2.05, 4.69) is 93.6 Å². The Bertz CT molecular complexity index is 2910. The van der Waals surface area contributed by atoms with E-state index >= 15 is 8.78 Å². The molecule has 4 aliphatic rings. The average molecular weight is 723 g/mol. The van der Waals surface area contributed by atoms with Crippen LogP contribution in [0.25, 0.3) is 0 Å². The summed E-state index contributed by atoms with van der Waals surface area (Å²) in [7, 11) is 0. The average Bonchev–Trinajstić information content (AvgIpc) is 3.23. The predicted molar refractivity (Wildman–Crippen MR) is 226 cm³/mol. The second-order valence-electron chi connectivity index (χ2n) is 14.7. The van der Waals surface area contributed by atoms with Gasteiger partial charge in [-0.1, -0.05) is 97.1 Å². The monoisotopic (exact) mass is 723 g/mol. The lowest BCUT2D eigenvalue weighted by molar-refractivity contribution is 0.481. The fraction of sp³-hybridized carbons (Fsp3) is 0. The highest BCUT2D eigenvalue weighted by Gasteiger charge is 2.47. The molecule has 4 aliphatic heterocycles. The minimum atomic E-state index is -0.371. The van der Waals surface area contributed by atoms with Crippen molar-refractivity contribution < 1.29 is 13.5 Å². The van der Waals surface area contributed by atoms with Crippen LogP contribution in [0.1, 0.15) is 0 Å². The molecule has 0 radical (unpaired) electrons. The number of nitrogens with zero attached hydrogens (tertiary/aromatic N) is 3. The van der Waals surface area contributed by atoms with E-state index < -0.39 is 0 Å². The predicted octanol–water partition coefficient (Wildman–Crippen LogP) is 8.45. The third kappa shape index (κ3) is 4.35. The molecule has 0 aliphatic carbocycles. The zero-order chi connectivity index (χ0) is 37.1. The number of fused-ring (bicyclic) bond motifs is 8. The first kappa shape index (κ1) is 31.3. The van der Waals surface area contributed by atoms with E-state index in [1.807, 2.05) is 72.8 Å². The molecule has 8 aromatic carbocycles. The number of hydrogen-bond acceptors (Lipinski definition) is 4. The fourth-order valence-electron chi connectivity index (χ4n) is 9.63. The molecule has 0 atom stereocenters. The molecule has 0 saturated carbocycles. The Morgan fingerprint density at radius 3 is 1.38 bits per heavy atom. The molecule has 12 rings (SSSR count). The highest BCUT2D eigenvalue weighted by molar-refractivity contribution is 7.02. The highest BCUT2D eigenvalue weighted by Crippen LogP contribution is 2.47. The minimum Gasteiger partial charge on any atom is -0.458 e. The van der Waals surface area contributed by atoms with Crippen LogP contribution in [0, 0.1) is 11.6 Å². The van der Waals surface area contributed by atoms with Crippen molar-refractivity contribution in [1.82, 2.24) is 0 Å². The lowest BCUT2D eigenvalue weighted by atomic mass is 9.30. The van der Waals surface area contributed by atoms with Gasteiger partial charge in [0.05, 0.1) is 0 Å². The molecule has 8 heteroatoms. The molecular formula is C48H29B2F2N3O. The summed E-state index contributed by atoms with van der Waals surface area (Å²) < 4.78 is 38.6. The zero-order valence-corrected chi connectivity index (χ0v) is 29.9. The van der Waals surface area contributed by atoms with Gasteiger partial charge in [0, 0.05) is 57.3 Å². The maximum atomic E-state index is 16.4. The normalized spacial score (nSPS) is 13.9. The van der Waals surface area contributed by atoms with Crippen molar-refractivity contribution in [3.8, 4) is 11.5 Å². The van der Waals surface area contributed by atoms with Gasteiger partial charge in [0.15, 0.2) is 0 Å². The van der Waals surface area contributed by atoms with Gasteiger partial charge in [0.25, 0.3) is 13.4 Å². The van der Waals surface area contributed by atoms with Crippen LogP contribution in [0.3, 0.4) is 0 Å². The van der Waals surface area contributed by atoms with E-state index in [1.165, 1.54) is 6.07 Å². The van der Waals surface area contributed by atoms with Crippen molar-refractivity contribution in [2.24, 2.45) is 0 Å². The van der Waals surface area contributed by atoms with Crippen LogP contribution in [0.4, 0.5) is 60.0 Å². The second kappa shape index (κ2) is 11.7. The van der Waals surface area contributed by atoms with Crippen molar-refractivity contribution in [3.63, 3.8) is 0 Å². The smallest absolute Gasteiger partial charge is 0.256 e. The van der Waals surface area contributed by atoms with Crippen LogP contribution in [0.2, 0.25) is 0 Å². The summed E-state index contributed by atoms with van der Waals surface area (Å²) >= 11 is 0. The fourth-order valence-corrected chi connectivity index (χ4v) is 9.63. The van der Waals surface area contributed by atoms with Crippen LogP contribution in [0.5, 0.6) is 11.5 Å². The van der Waals surface area contributed by atoms with Crippen molar-refractivity contribution in [1.29, 1.82) is 0 Å². The number of benzene rings is 8. The van der Waals surface area contributed by atoms with Gasteiger partial charge in [-0.2, -0.15) is 0 Å². The summed E-state index contributed by atoms with van der Waals surface area (Å²) in [6.07, 6.45) is 0. The lowest BCUT2D eigenvalue weighted by Crippen LogP contribution is -2.64. The Morgan fingerprint density at radius 1 is 0.339 bits per heavy atom. The Kier molecular flexibility index (Phi) is 6.56. The molecule has 262 valence electrons. The molecule has 4 nitrogen and oxygen atoms in total. The Morgan fingerprint density at radius 2 is 0.786 bits per heavy atom. The number of rotatable bonds is 3. The molecule has 8 aromatic rings. The molecular weight excluding hydrogens is 694 g/mol. The minimum absolute atomic E-state index is 0.216. The van der Waals surface area contributed by atoms with Crippen LogP contribution in [0.15, 0.2) is 176 Å². The summed E-state index contributed by atoms with van der Waals surface area (Å²) in [5.41, 5.74) is 14.3. The molecule has 0 unspecified atom stereocenters. The van der Waals surface area contributed by atoms with E-state index in [-0.39, 0.29) is 25.1 Å².